The highest BCUT2D eigenvalue weighted by molar-refractivity contribution is 9.10. The molecule has 1 heterocycles. The maximum atomic E-state index is 13.8. The Morgan fingerprint density at radius 1 is 1.61 bits per heavy atom. The lowest BCUT2D eigenvalue weighted by Gasteiger charge is -2.35. The van der Waals surface area contributed by atoms with Gasteiger partial charge in [-0.1, -0.05) is 22.9 Å². The number of hydrogen-bond acceptors (Lipinski definition) is 2. The first-order chi connectivity index (χ1) is 8.63. The summed E-state index contributed by atoms with van der Waals surface area (Å²) in [7, 11) is 0. The van der Waals surface area contributed by atoms with Crippen LogP contribution in [0.1, 0.15) is 23.7 Å². The van der Waals surface area contributed by atoms with E-state index in [2.05, 4.69) is 15.9 Å². The molecule has 1 aliphatic rings. The minimum Gasteiger partial charge on any atom is -0.377 e. The van der Waals surface area contributed by atoms with Gasteiger partial charge in [0.1, 0.15) is 5.82 Å². The lowest BCUT2D eigenvalue weighted by molar-refractivity contribution is -0.00303. The van der Waals surface area contributed by atoms with Crippen LogP contribution in [0.25, 0.3) is 0 Å². The van der Waals surface area contributed by atoms with E-state index in [0.717, 1.165) is 6.42 Å². The Kier molecular flexibility index (Phi) is 4.35. The summed E-state index contributed by atoms with van der Waals surface area (Å²) in [5, 5.41) is 0. The maximum Gasteiger partial charge on any atom is 0.257 e. The molecule has 0 radical (unpaired) electrons. The number of morpholine rings is 1. The molecule has 1 fully saturated rings. The highest BCUT2D eigenvalue weighted by atomic mass is 79.9. The highest BCUT2D eigenvalue weighted by Gasteiger charge is 2.28. The SMILES string of the molecule is CCC1COCCN1C(=O)c1ccc(Br)cc1F. The third-order valence-corrected chi connectivity index (χ3v) is 3.61. The number of nitrogens with zero attached hydrogens (tertiary/aromatic N) is 1. The van der Waals surface area contributed by atoms with E-state index in [1.807, 2.05) is 6.92 Å². The Hall–Kier alpha value is -0.940. The molecule has 5 heteroatoms. The summed E-state index contributed by atoms with van der Waals surface area (Å²) in [5.41, 5.74) is 0.124. The Bertz CT molecular complexity index is 453. The molecule has 0 saturated carbocycles. The van der Waals surface area contributed by atoms with Crippen molar-refractivity contribution in [2.24, 2.45) is 0 Å². The van der Waals surface area contributed by atoms with E-state index < -0.39 is 5.82 Å². The summed E-state index contributed by atoms with van der Waals surface area (Å²) in [4.78, 5) is 14.0. The first-order valence-corrected chi connectivity index (χ1v) is 6.76. The van der Waals surface area contributed by atoms with Gasteiger partial charge in [0.05, 0.1) is 24.8 Å². The molecular formula is C13H15BrFNO2. The number of ether oxygens (including phenoxy) is 1. The van der Waals surface area contributed by atoms with E-state index in [4.69, 9.17) is 4.74 Å². The van der Waals surface area contributed by atoms with Crippen LogP contribution in [-0.4, -0.2) is 36.6 Å². The summed E-state index contributed by atoms with van der Waals surface area (Å²) < 4.78 is 19.8. The minimum atomic E-state index is -0.490. The number of rotatable bonds is 2. The van der Waals surface area contributed by atoms with Crippen molar-refractivity contribution in [3.8, 4) is 0 Å². The maximum absolute atomic E-state index is 13.8. The smallest absolute Gasteiger partial charge is 0.257 e. The van der Waals surface area contributed by atoms with Crippen molar-refractivity contribution in [3.05, 3.63) is 34.1 Å². The van der Waals surface area contributed by atoms with Crippen LogP contribution in [0, 0.1) is 5.82 Å². The Labute approximate surface area is 114 Å². The average Bonchev–Trinajstić information content (AvgIpc) is 2.38. The van der Waals surface area contributed by atoms with Gasteiger partial charge in [-0.3, -0.25) is 4.79 Å². The van der Waals surface area contributed by atoms with Gasteiger partial charge < -0.3 is 9.64 Å². The van der Waals surface area contributed by atoms with Crippen LogP contribution in [0.2, 0.25) is 0 Å². The molecule has 18 heavy (non-hydrogen) atoms. The van der Waals surface area contributed by atoms with Gasteiger partial charge in [0.2, 0.25) is 0 Å². The quantitative estimate of drug-likeness (QED) is 0.840. The molecule has 0 spiro atoms. The molecule has 1 aliphatic heterocycles. The van der Waals surface area contributed by atoms with Crippen LogP contribution in [-0.2, 0) is 4.74 Å². The number of carbonyl (C=O) groups is 1. The molecule has 1 unspecified atom stereocenters. The lowest BCUT2D eigenvalue weighted by atomic mass is 10.1. The van der Waals surface area contributed by atoms with E-state index in [1.165, 1.54) is 12.1 Å². The van der Waals surface area contributed by atoms with Gasteiger partial charge in [-0.05, 0) is 24.6 Å². The third kappa shape index (κ3) is 2.72. The van der Waals surface area contributed by atoms with E-state index in [-0.39, 0.29) is 17.5 Å². The zero-order valence-electron chi connectivity index (χ0n) is 10.2. The molecule has 0 aliphatic carbocycles. The van der Waals surface area contributed by atoms with Crippen LogP contribution >= 0.6 is 15.9 Å². The normalized spacial score (nSPS) is 19.9. The standard InChI is InChI=1S/C13H15BrFNO2/c1-2-10-8-18-6-5-16(10)13(17)11-4-3-9(14)7-12(11)15/h3-4,7,10H,2,5-6,8H2,1H3. The number of hydrogen-bond donors (Lipinski definition) is 0. The van der Waals surface area contributed by atoms with Crippen molar-refractivity contribution in [2.45, 2.75) is 19.4 Å². The molecule has 1 aromatic rings. The second-order valence-electron chi connectivity index (χ2n) is 4.26. The molecule has 2 rings (SSSR count). The van der Waals surface area contributed by atoms with Gasteiger partial charge in [-0.2, -0.15) is 0 Å². The van der Waals surface area contributed by atoms with Crippen LogP contribution in [0.4, 0.5) is 4.39 Å². The molecule has 3 nitrogen and oxygen atoms in total. The number of carbonyl (C=O) groups excluding carboxylic acids is 1. The molecular weight excluding hydrogens is 301 g/mol. The van der Waals surface area contributed by atoms with Crippen molar-refractivity contribution in [2.75, 3.05) is 19.8 Å². The van der Waals surface area contributed by atoms with E-state index in [0.29, 0.717) is 24.2 Å². The first kappa shape index (κ1) is 13.5. The van der Waals surface area contributed by atoms with Gasteiger partial charge in [-0.15, -0.1) is 0 Å². The van der Waals surface area contributed by atoms with Gasteiger partial charge in [0.25, 0.3) is 5.91 Å². The summed E-state index contributed by atoms with van der Waals surface area (Å²) >= 11 is 3.18. The largest absolute Gasteiger partial charge is 0.377 e. The second-order valence-corrected chi connectivity index (χ2v) is 5.18. The Balaban J connectivity index is 2.24. The molecule has 98 valence electrons. The fourth-order valence-corrected chi connectivity index (χ4v) is 2.41. The summed E-state index contributed by atoms with van der Waals surface area (Å²) in [6, 6.07) is 4.55. The van der Waals surface area contributed by atoms with Crippen molar-refractivity contribution < 1.29 is 13.9 Å². The predicted molar refractivity (Wildman–Crippen MR) is 70.0 cm³/mol. The molecule has 0 bridgehead atoms. The molecule has 1 saturated heterocycles. The van der Waals surface area contributed by atoms with Crippen molar-refractivity contribution >= 4 is 21.8 Å². The molecule has 0 aromatic heterocycles. The topological polar surface area (TPSA) is 29.5 Å². The van der Waals surface area contributed by atoms with Crippen LogP contribution in [0.3, 0.4) is 0 Å². The van der Waals surface area contributed by atoms with E-state index >= 15 is 0 Å². The Morgan fingerprint density at radius 3 is 3.06 bits per heavy atom. The number of benzene rings is 1. The third-order valence-electron chi connectivity index (χ3n) is 3.12. The highest BCUT2D eigenvalue weighted by Crippen LogP contribution is 2.20. The molecule has 1 amide bonds. The fraction of sp³-hybridized carbons (Fsp3) is 0.462. The number of halogens is 2. The predicted octanol–water partition coefficient (Wildman–Crippen LogP) is 2.84. The van der Waals surface area contributed by atoms with Crippen molar-refractivity contribution in [3.63, 3.8) is 0 Å². The van der Waals surface area contributed by atoms with Crippen molar-refractivity contribution in [1.29, 1.82) is 0 Å². The van der Waals surface area contributed by atoms with Crippen molar-refractivity contribution in [1.82, 2.24) is 4.90 Å². The van der Waals surface area contributed by atoms with Gasteiger partial charge in [-0.25, -0.2) is 4.39 Å². The minimum absolute atomic E-state index is 0.0364. The number of amides is 1. The molecule has 1 atom stereocenters. The Morgan fingerprint density at radius 2 is 2.39 bits per heavy atom. The van der Waals surface area contributed by atoms with Gasteiger partial charge >= 0.3 is 0 Å². The van der Waals surface area contributed by atoms with Crippen LogP contribution in [0.15, 0.2) is 22.7 Å². The van der Waals surface area contributed by atoms with Crippen LogP contribution < -0.4 is 0 Å². The van der Waals surface area contributed by atoms with Gasteiger partial charge in [0.15, 0.2) is 0 Å². The lowest BCUT2D eigenvalue weighted by Crippen LogP contribution is -2.48. The summed E-state index contributed by atoms with van der Waals surface area (Å²) in [6.45, 7) is 3.56. The fourth-order valence-electron chi connectivity index (χ4n) is 2.08. The van der Waals surface area contributed by atoms with E-state index in [9.17, 15) is 9.18 Å². The van der Waals surface area contributed by atoms with Gasteiger partial charge in [0, 0.05) is 11.0 Å². The molecule has 1 aromatic carbocycles. The van der Waals surface area contributed by atoms with Crippen LogP contribution in [0.5, 0.6) is 0 Å². The van der Waals surface area contributed by atoms with E-state index in [1.54, 1.807) is 11.0 Å². The monoisotopic (exact) mass is 315 g/mol. The zero-order chi connectivity index (χ0) is 13.1. The summed E-state index contributed by atoms with van der Waals surface area (Å²) in [5.74, 6) is -0.745. The molecule has 0 N–H and O–H groups in total. The zero-order valence-corrected chi connectivity index (χ0v) is 11.7. The second kappa shape index (κ2) is 5.80. The average molecular weight is 316 g/mol. The summed E-state index contributed by atoms with van der Waals surface area (Å²) in [6.07, 6.45) is 0.809. The first-order valence-electron chi connectivity index (χ1n) is 5.97.